The van der Waals surface area contributed by atoms with Crippen molar-refractivity contribution in [3.8, 4) is 0 Å². The average Bonchev–Trinajstić information content (AvgIpc) is 2.13. The lowest BCUT2D eigenvalue weighted by molar-refractivity contribution is -0.124. The first-order chi connectivity index (χ1) is 6.93. The third-order valence-electron chi connectivity index (χ3n) is 2.25. The van der Waals surface area contributed by atoms with Gasteiger partial charge in [-0.3, -0.25) is 4.79 Å². The van der Waals surface area contributed by atoms with Gasteiger partial charge in [-0.05, 0) is 47.0 Å². The van der Waals surface area contributed by atoms with Crippen LogP contribution in [0.25, 0.3) is 0 Å². The molecule has 0 aliphatic rings. The summed E-state index contributed by atoms with van der Waals surface area (Å²) >= 11 is 0. The van der Waals surface area contributed by atoms with Crippen LogP contribution in [-0.4, -0.2) is 17.0 Å². The molecule has 1 N–H and O–H groups in total. The van der Waals surface area contributed by atoms with Gasteiger partial charge in [-0.25, -0.2) is 0 Å². The molecule has 0 saturated carbocycles. The number of aliphatic hydroxyl groups excluding tert-OH is 1. The Labute approximate surface area is 92.7 Å². The highest BCUT2D eigenvalue weighted by Gasteiger charge is 2.06. The van der Waals surface area contributed by atoms with Crippen molar-refractivity contribution in [1.82, 2.24) is 0 Å². The van der Waals surface area contributed by atoms with Gasteiger partial charge in [0.25, 0.3) is 0 Å². The molecule has 0 rings (SSSR count). The Morgan fingerprint density at radius 1 is 1.20 bits per heavy atom. The number of aliphatic hydroxyl groups is 1. The molecule has 0 amide bonds. The SMILES string of the molecule is CC(=O)C(O)CC=C(C)CCC=C(C)C. The smallest absolute Gasteiger partial charge is 0.158 e. The van der Waals surface area contributed by atoms with E-state index < -0.39 is 6.10 Å². The fourth-order valence-corrected chi connectivity index (χ4v) is 1.17. The van der Waals surface area contributed by atoms with Crippen LogP contribution in [0.1, 0.15) is 47.0 Å². The fourth-order valence-electron chi connectivity index (χ4n) is 1.17. The van der Waals surface area contributed by atoms with Gasteiger partial charge in [0.05, 0.1) is 0 Å². The maximum atomic E-state index is 10.8. The second kappa shape index (κ2) is 7.41. The van der Waals surface area contributed by atoms with Crippen LogP contribution in [0.15, 0.2) is 23.3 Å². The van der Waals surface area contributed by atoms with Crippen LogP contribution < -0.4 is 0 Å². The van der Waals surface area contributed by atoms with Gasteiger partial charge in [-0.1, -0.05) is 23.3 Å². The number of hydrogen-bond donors (Lipinski definition) is 1. The van der Waals surface area contributed by atoms with E-state index in [0.717, 1.165) is 12.8 Å². The predicted molar refractivity (Wildman–Crippen MR) is 63.7 cm³/mol. The predicted octanol–water partition coefficient (Wildman–Crippen LogP) is 3.02. The van der Waals surface area contributed by atoms with E-state index in [0.29, 0.717) is 6.42 Å². The number of Topliss-reactive ketones (excluding diaryl/α,β-unsaturated/α-hetero) is 1. The molecule has 0 spiro atoms. The van der Waals surface area contributed by atoms with Crippen LogP contribution in [-0.2, 0) is 4.79 Å². The first-order valence-electron chi connectivity index (χ1n) is 5.41. The lowest BCUT2D eigenvalue weighted by atomic mass is 10.1. The van der Waals surface area contributed by atoms with Crippen molar-refractivity contribution in [2.75, 3.05) is 0 Å². The van der Waals surface area contributed by atoms with Crippen LogP contribution in [0.4, 0.5) is 0 Å². The summed E-state index contributed by atoms with van der Waals surface area (Å²) < 4.78 is 0. The van der Waals surface area contributed by atoms with Gasteiger partial charge in [0.15, 0.2) is 5.78 Å². The Kier molecular flexibility index (Phi) is 6.97. The molecule has 0 aromatic heterocycles. The Morgan fingerprint density at radius 3 is 2.27 bits per heavy atom. The molecule has 0 radical (unpaired) electrons. The Morgan fingerprint density at radius 2 is 1.80 bits per heavy atom. The third-order valence-corrected chi connectivity index (χ3v) is 2.25. The molecule has 2 nitrogen and oxygen atoms in total. The quantitative estimate of drug-likeness (QED) is 0.684. The molecule has 0 heterocycles. The minimum Gasteiger partial charge on any atom is -0.385 e. The van der Waals surface area contributed by atoms with Crippen LogP contribution in [0, 0.1) is 0 Å². The summed E-state index contributed by atoms with van der Waals surface area (Å²) in [5.41, 5.74) is 2.55. The zero-order valence-electron chi connectivity index (χ0n) is 10.2. The van der Waals surface area contributed by atoms with Gasteiger partial charge < -0.3 is 5.11 Å². The van der Waals surface area contributed by atoms with Gasteiger partial charge in [0, 0.05) is 0 Å². The van der Waals surface area contributed by atoms with E-state index in [1.54, 1.807) is 0 Å². The summed E-state index contributed by atoms with van der Waals surface area (Å²) in [7, 11) is 0. The number of hydrogen-bond acceptors (Lipinski definition) is 2. The molecule has 86 valence electrons. The van der Waals surface area contributed by atoms with Crippen molar-refractivity contribution in [2.24, 2.45) is 0 Å². The van der Waals surface area contributed by atoms with Crippen LogP contribution in [0.2, 0.25) is 0 Å². The molecule has 2 heteroatoms. The monoisotopic (exact) mass is 210 g/mol. The number of carbonyl (C=O) groups excluding carboxylic acids is 1. The number of ketones is 1. The highest BCUT2D eigenvalue weighted by atomic mass is 16.3. The summed E-state index contributed by atoms with van der Waals surface area (Å²) in [4.78, 5) is 10.8. The van der Waals surface area contributed by atoms with E-state index in [-0.39, 0.29) is 5.78 Å². The van der Waals surface area contributed by atoms with E-state index in [2.05, 4.69) is 19.9 Å². The molecule has 1 atom stereocenters. The van der Waals surface area contributed by atoms with E-state index in [9.17, 15) is 9.90 Å². The largest absolute Gasteiger partial charge is 0.385 e. The highest BCUT2D eigenvalue weighted by molar-refractivity contribution is 5.80. The lowest BCUT2D eigenvalue weighted by Gasteiger charge is -2.04. The maximum Gasteiger partial charge on any atom is 0.158 e. The second-order valence-corrected chi connectivity index (χ2v) is 4.23. The zero-order valence-corrected chi connectivity index (χ0v) is 10.2. The molecular formula is C13H22O2. The zero-order chi connectivity index (χ0) is 11.8. The maximum absolute atomic E-state index is 10.8. The van der Waals surface area contributed by atoms with Crippen molar-refractivity contribution >= 4 is 5.78 Å². The molecule has 0 aliphatic carbocycles. The molecule has 15 heavy (non-hydrogen) atoms. The summed E-state index contributed by atoms with van der Waals surface area (Å²) in [6.45, 7) is 7.61. The Hall–Kier alpha value is -0.890. The molecule has 0 aliphatic heterocycles. The molecule has 0 aromatic carbocycles. The van der Waals surface area contributed by atoms with E-state index in [4.69, 9.17) is 0 Å². The van der Waals surface area contributed by atoms with Crippen molar-refractivity contribution < 1.29 is 9.90 Å². The standard InChI is InChI=1S/C13H22O2/c1-10(2)6-5-7-11(3)8-9-13(15)12(4)14/h6,8,13,15H,5,7,9H2,1-4H3. The van der Waals surface area contributed by atoms with Gasteiger partial charge in [0.1, 0.15) is 6.10 Å². The highest BCUT2D eigenvalue weighted by Crippen LogP contribution is 2.08. The Bertz CT molecular complexity index is 258. The van der Waals surface area contributed by atoms with Crippen LogP contribution in [0.3, 0.4) is 0 Å². The summed E-state index contributed by atoms with van der Waals surface area (Å²) in [6, 6.07) is 0. The molecule has 0 fully saturated rings. The molecular weight excluding hydrogens is 188 g/mol. The normalized spacial score (nSPS) is 13.5. The molecule has 1 unspecified atom stereocenters. The average molecular weight is 210 g/mol. The summed E-state index contributed by atoms with van der Waals surface area (Å²) in [5, 5.41) is 9.28. The third kappa shape index (κ3) is 8.13. The van der Waals surface area contributed by atoms with Crippen LogP contribution in [0.5, 0.6) is 0 Å². The first kappa shape index (κ1) is 14.1. The lowest BCUT2D eigenvalue weighted by Crippen LogP contribution is -2.15. The summed E-state index contributed by atoms with van der Waals surface area (Å²) in [6.07, 6.45) is 5.78. The molecule has 0 aromatic rings. The topological polar surface area (TPSA) is 37.3 Å². The van der Waals surface area contributed by atoms with Gasteiger partial charge >= 0.3 is 0 Å². The number of allylic oxidation sites excluding steroid dienone is 3. The minimum absolute atomic E-state index is 0.164. The van der Waals surface area contributed by atoms with Gasteiger partial charge in [0.2, 0.25) is 0 Å². The van der Waals surface area contributed by atoms with E-state index in [1.165, 1.54) is 18.1 Å². The number of carbonyl (C=O) groups is 1. The molecule has 0 bridgehead atoms. The second-order valence-electron chi connectivity index (χ2n) is 4.23. The van der Waals surface area contributed by atoms with Crippen molar-refractivity contribution in [3.05, 3.63) is 23.3 Å². The Balaban J connectivity index is 3.89. The van der Waals surface area contributed by atoms with Crippen molar-refractivity contribution in [1.29, 1.82) is 0 Å². The van der Waals surface area contributed by atoms with Gasteiger partial charge in [-0.2, -0.15) is 0 Å². The summed E-state index contributed by atoms with van der Waals surface area (Å²) in [5.74, 6) is -0.164. The number of rotatable bonds is 6. The van der Waals surface area contributed by atoms with Gasteiger partial charge in [-0.15, -0.1) is 0 Å². The first-order valence-corrected chi connectivity index (χ1v) is 5.41. The van der Waals surface area contributed by atoms with Crippen molar-refractivity contribution in [3.63, 3.8) is 0 Å². The van der Waals surface area contributed by atoms with Crippen LogP contribution >= 0.6 is 0 Å². The molecule has 0 saturated heterocycles. The van der Waals surface area contributed by atoms with Crippen molar-refractivity contribution in [2.45, 2.75) is 53.1 Å². The minimum atomic E-state index is -0.830. The van der Waals surface area contributed by atoms with E-state index in [1.807, 2.05) is 13.0 Å². The van der Waals surface area contributed by atoms with E-state index >= 15 is 0 Å². The fraction of sp³-hybridized carbons (Fsp3) is 0.615.